The minimum absolute atomic E-state index is 0.715. The van der Waals surface area contributed by atoms with E-state index >= 15 is 0 Å². The molecule has 1 N–H and O–H groups in total. The maximum Gasteiger partial charge on any atom is 0.460 e. The van der Waals surface area contributed by atoms with Crippen LogP contribution < -0.4 is 0 Å². The first-order valence-electron chi connectivity index (χ1n) is 8.84. The molecule has 0 spiro atoms. The van der Waals surface area contributed by atoms with Gasteiger partial charge in [0, 0.05) is 0 Å². The second-order valence-electron chi connectivity index (χ2n) is 6.69. The third-order valence-corrected chi connectivity index (χ3v) is 4.39. The molecule has 1 aromatic rings. The second-order valence-corrected chi connectivity index (χ2v) is 6.69. The van der Waals surface area contributed by atoms with Gasteiger partial charge in [0.25, 0.3) is 0 Å². The van der Waals surface area contributed by atoms with Gasteiger partial charge in [0.15, 0.2) is 11.4 Å². The highest BCUT2D eigenvalue weighted by Crippen LogP contribution is 2.60. The Morgan fingerprint density at radius 1 is 0.703 bits per heavy atom. The largest absolute Gasteiger partial charge is 0.465 e. The fourth-order valence-corrected chi connectivity index (χ4v) is 2.34. The lowest BCUT2D eigenvalue weighted by atomic mass is 9.93. The van der Waals surface area contributed by atoms with Crippen molar-refractivity contribution in [3.05, 3.63) is 17.0 Å². The SMILES string of the molecule is COC(=O)c1[nH]nc(C(=O)OCCC(F)(F)C(F)(F)C(F)(F)C(F)(F)C(F)(F)C(F)(F)F)c1C(=O)OC. The van der Waals surface area contributed by atoms with Crippen LogP contribution in [0.15, 0.2) is 0 Å². The fourth-order valence-electron chi connectivity index (χ4n) is 2.34. The number of methoxy groups -OCH3 is 2. The van der Waals surface area contributed by atoms with Crippen LogP contribution in [0.25, 0.3) is 0 Å². The molecule has 0 aromatic carbocycles. The predicted octanol–water partition coefficient (Wildman–Crippen LogP) is 4.27. The van der Waals surface area contributed by atoms with Crippen LogP contribution in [-0.2, 0) is 14.2 Å². The number of nitrogens with one attached hydrogen (secondary N) is 1. The van der Waals surface area contributed by atoms with Gasteiger partial charge in [-0.05, 0) is 0 Å². The topological polar surface area (TPSA) is 108 Å². The van der Waals surface area contributed by atoms with E-state index in [4.69, 9.17) is 0 Å². The van der Waals surface area contributed by atoms with Gasteiger partial charge >= 0.3 is 53.7 Å². The Labute approximate surface area is 195 Å². The van der Waals surface area contributed by atoms with Crippen LogP contribution in [0.2, 0.25) is 0 Å². The van der Waals surface area contributed by atoms with Crippen molar-refractivity contribution in [2.45, 2.75) is 42.2 Å². The summed E-state index contributed by atoms with van der Waals surface area (Å²) in [5, 5.41) is 4.87. The van der Waals surface area contributed by atoms with E-state index in [0.29, 0.717) is 7.11 Å². The van der Waals surface area contributed by atoms with Gasteiger partial charge in [-0.15, -0.1) is 0 Å². The Morgan fingerprint density at radius 3 is 1.59 bits per heavy atom. The first-order valence-corrected chi connectivity index (χ1v) is 8.84. The van der Waals surface area contributed by atoms with E-state index in [9.17, 15) is 71.5 Å². The molecule has 0 saturated carbocycles. The number of alkyl halides is 13. The van der Waals surface area contributed by atoms with Crippen LogP contribution in [0, 0.1) is 0 Å². The summed E-state index contributed by atoms with van der Waals surface area (Å²) in [5.74, 6) is -42.8. The van der Waals surface area contributed by atoms with E-state index in [-0.39, 0.29) is 0 Å². The Balaban J connectivity index is 3.20. The zero-order chi connectivity index (χ0) is 29.4. The smallest absolute Gasteiger partial charge is 0.460 e. The molecule has 0 saturated heterocycles. The van der Waals surface area contributed by atoms with Crippen LogP contribution in [0.1, 0.15) is 37.8 Å². The van der Waals surface area contributed by atoms with Gasteiger partial charge in [0.2, 0.25) is 0 Å². The van der Waals surface area contributed by atoms with Crippen molar-refractivity contribution < 1.29 is 85.7 Å². The number of aromatic amines is 1. The Hall–Kier alpha value is -3.29. The number of ether oxygens (including phenoxy) is 3. The first-order chi connectivity index (χ1) is 16.5. The van der Waals surface area contributed by atoms with Crippen LogP contribution in [0.5, 0.6) is 0 Å². The molecule has 212 valence electrons. The van der Waals surface area contributed by atoms with Gasteiger partial charge in [-0.25, -0.2) is 14.4 Å². The fraction of sp³-hybridized carbons (Fsp3) is 0.625. The molecule has 0 aliphatic rings. The zero-order valence-electron chi connectivity index (χ0n) is 17.7. The number of esters is 3. The normalized spacial score (nSPS) is 13.8. The monoisotopic (exact) mass is 574 g/mol. The number of carbonyl (C=O) groups excluding carboxylic acids is 3. The molecule has 0 atom stereocenters. The summed E-state index contributed by atoms with van der Waals surface area (Å²) in [4.78, 5) is 35.3. The quantitative estimate of drug-likeness (QED) is 0.253. The Kier molecular flexibility index (Phi) is 8.47. The second kappa shape index (κ2) is 9.88. The maximum atomic E-state index is 13.7. The average Bonchev–Trinajstić information content (AvgIpc) is 3.21. The van der Waals surface area contributed by atoms with Gasteiger partial charge in [0.1, 0.15) is 5.56 Å². The molecule has 0 amide bonds. The Bertz CT molecular complexity index is 1030. The molecular weight excluding hydrogens is 563 g/mol. The molecule has 0 bridgehead atoms. The number of nitrogens with zero attached hydrogens (tertiary/aromatic N) is 1. The lowest BCUT2D eigenvalue weighted by Crippen LogP contribution is -2.70. The molecule has 1 rings (SSSR count). The standard InChI is InChI=1S/C16H11F13N2O6/c1-35-8(32)5-6(9(33)36-2)30-31-7(5)10(34)37-4-3-11(17,18)12(19,20)13(21,22)14(23,24)15(25,26)16(27,28)29/h3-4H2,1-2H3,(H,30,31). The molecule has 0 fully saturated rings. The first kappa shape index (κ1) is 31.7. The van der Waals surface area contributed by atoms with E-state index < -0.39 is 83.7 Å². The summed E-state index contributed by atoms with van der Waals surface area (Å²) in [6.07, 6.45) is -10.4. The van der Waals surface area contributed by atoms with E-state index in [1.165, 1.54) is 0 Å². The molecule has 0 radical (unpaired) electrons. The predicted molar refractivity (Wildman–Crippen MR) is 87.0 cm³/mol. The van der Waals surface area contributed by atoms with E-state index in [1.807, 2.05) is 0 Å². The van der Waals surface area contributed by atoms with Crippen LogP contribution in [0.3, 0.4) is 0 Å². The minimum atomic E-state index is -8.07. The third kappa shape index (κ3) is 5.11. The molecule has 21 heteroatoms. The van der Waals surface area contributed by atoms with E-state index in [0.717, 1.165) is 7.11 Å². The van der Waals surface area contributed by atoms with Gasteiger partial charge < -0.3 is 14.2 Å². The average molecular weight is 574 g/mol. The summed E-state index contributed by atoms with van der Waals surface area (Å²) in [5.41, 5.74) is -3.15. The lowest BCUT2D eigenvalue weighted by molar-refractivity contribution is -0.440. The Morgan fingerprint density at radius 2 is 1.16 bits per heavy atom. The summed E-state index contributed by atoms with van der Waals surface area (Å²) < 4.78 is 182. The summed E-state index contributed by atoms with van der Waals surface area (Å²) in [6, 6.07) is 0. The number of hydrogen-bond donors (Lipinski definition) is 1. The molecule has 0 unspecified atom stereocenters. The maximum absolute atomic E-state index is 13.7. The number of carbonyl (C=O) groups is 3. The zero-order valence-corrected chi connectivity index (χ0v) is 17.7. The highest BCUT2D eigenvalue weighted by molar-refractivity contribution is 6.08. The van der Waals surface area contributed by atoms with Crippen molar-refractivity contribution in [3.63, 3.8) is 0 Å². The van der Waals surface area contributed by atoms with Gasteiger partial charge in [-0.3, -0.25) is 5.10 Å². The van der Waals surface area contributed by atoms with Gasteiger partial charge in [-0.2, -0.15) is 62.2 Å². The van der Waals surface area contributed by atoms with Gasteiger partial charge in [-0.1, -0.05) is 0 Å². The summed E-state index contributed by atoms with van der Waals surface area (Å²) in [7, 11) is 1.50. The minimum Gasteiger partial charge on any atom is -0.465 e. The number of H-pyrrole nitrogens is 1. The van der Waals surface area contributed by atoms with Crippen LogP contribution in [0.4, 0.5) is 57.1 Å². The van der Waals surface area contributed by atoms with Crippen molar-refractivity contribution in [2.75, 3.05) is 20.8 Å². The molecule has 8 nitrogen and oxygen atoms in total. The summed E-state index contributed by atoms with van der Waals surface area (Å²) >= 11 is 0. The van der Waals surface area contributed by atoms with Crippen molar-refractivity contribution in [1.82, 2.24) is 10.2 Å². The van der Waals surface area contributed by atoms with E-state index in [2.05, 4.69) is 19.3 Å². The van der Waals surface area contributed by atoms with Crippen LogP contribution in [-0.4, -0.2) is 84.7 Å². The summed E-state index contributed by atoms with van der Waals surface area (Å²) in [6.45, 7) is -2.10. The highest BCUT2D eigenvalue weighted by atomic mass is 19.4. The molecule has 0 aliphatic heterocycles. The van der Waals surface area contributed by atoms with Crippen molar-refractivity contribution >= 4 is 17.9 Å². The number of aromatic nitrogens is 2. The van der Waals surface area contributed by atoms with Crippen LogP contribution >= 0.6 is 0 Å². The molecule has 0 aliphatic carbocycles. The van der Waals surface area contributed by atoms with Crippen molar-refractivity contribution in [2.24, 2.45) is 0 Å². The molecule has 37 heavy (non-hydrogen) atoms. The number of halogens is 13. The molecular formula is C16H11F13N2O6. The van der Waals surface area contributed by atoms with Gasteiger partial charge in [0.05, 0.1) is 27.2 Å². The van der Waals surface area contributed by atoms with E-state index in [1.54, 1.807) is 5.10 Å². The molecule has 1 aromatic heterocycles. The number of hydrogen-bond acceptors (Lipinski definition) is 7. The highest BCUT2D eigenvalue weighted by Gasteiger charge is 2.90. The third-order valence-electron chi connectivity index (χ3n) is 4.39. The van der Waals surface area contributed by atoms with Crippen molar-refractivity contribution in [1.29, 1.82) is 0 Å². The molecule has 1 heterocycles. The number of rotatable bonds is 10. The van der Waals surface area contributed by atoms with Crippen molar-refractivity contribution in [3.8, 4) is 0 Å². The lowest BCUT2D eigenvalue weighted by Gasteiger charge is -2.39.